The van der Waals surface area contributed by atoms with Crippen LogP contribution >= 0.6 is 15.9 Å². The smallest absolute Gasteiger partial charge is 0.137 e. The predicted octanol–water partition coefficient (Wildman–Crippen LogP) is 3.72. The number of hydrogen-bond acceptors (Lipinski definition) is 2. The lowest BCUT2D eigenvalue weighted by atomic mass is 9.90. The van der Waals surface area contributed by atoms with Gasteiger partial charge in [0.1, 0.15) is 5.82 Å². The van der Waals surface area contributed by atoms with Crippen LogP contribution in [-0.4, -0.2) is 31.1 Å². The van der Waals surface area contributed by atoms with Gasteiger partial charge >= 0.3 is 0 Å². The highest BCUT2D eigenvalue weighted by molar-refractivity contribution is 9.10. The van der Waals surface area contributed by atoms with Gasteiger partial charge in [0.25, 0.3) is 0 Å². The first-order valence-corrected chi connectivity index (χ1v) is 8.45. The molecular formula is C16H22BrFN2. The molecule has 0 amide bonds. The monoisotopic (exact) mass is 340 g/mol. The van der Waals surface area contributed by atoms with Crippen molar-refractivity contribution in [3.63, 3.8) is 0 Å². The molecule has 2 nitrogen and oxygen atoms in total. The predicted molar refractivity (Wildman–Crippen MR) is 83.2 cm³/mol. The van der Waals surface area contributed by atoms with E-state index in [0.717, 1.165) is 32.1 Å². The maximum Gasteiger partial charge on any atom is 0.137 e. The van der Waals surface area contributed by atoms with E-state index in [1.54, 1.807) is 6.07 Å². The summed E-state index contributed by atoms with van der Waals surface area (Å²) >= 11 is 3.34. The third-order valence-electron chi connectivity index (χ3n) is 4.68. The van der Waals surface area contributed by atoms with Crippen molar-refractivity contribution in [1.29, 1.82) is 0 Å². The van der Waals surface area contributed by atoms with Crippen LogP contribution in [0, 0.1) is 11.7 Å². The number of benzene rings is 1. The minimum atomic E-state index is -0.167. The molecule has 4 heteroatoms. The van der Waals surface area contributed by atoms with Gasteiger partial charge in [0.2, 0.25) is 0 Å². The molecule has 1 saturated heterocycles. The molecule has 1 aliphatic carbocycles. The normalized spacial score (nSPS) is 23.1. The fraction of sp³-hybridized carbons (Fsp3) is 0.625. The topological polar surface area (TPSA) is 15.3 Å². The second-order valence-electron chi connectivity index (χ2n) is 5.95. The zero-order chi connectivity index (χ0) is 13.9. The van der Waals surface area contributed by atoms with E-state index in [4.69, 9.17) is 0 Å². The van der Waals surface area contributed by atoms with Crippen LogP contribution in [0.5, 0.6) is 0 Å². The number of nitrogens with one attached hydrogen (secondary N) is 1. The summed E-state index contributed by atoms with van der Waals surface area (Å²) in [6.07, 6.45) is 5.30. The Bertz CT molecular complexity index is 454. The lowest BCUT2D eigenvalue weighted by Crippen LogP contribution is -2.46. The summed E-state index contributed by atoms with van der Waals surface area (Å²) in [5.41, 5.74) is 1.27. The molecule has 1 heterocycles. The van der Waals surface area contributed by atoms with Crippen molar-refractivity contribution in [1.82, 2.24) is 10.2 Å². The lowest BCUT2D eigenvalue weighted by Gasteiger charge is -2.38. The maximum absolute atomic E-state index is 13.5. The van der Waals surface area contributed by atoms with Gasteiger partial charge in [0.05, 0.1) is 4.47 Å². The van der Waals surface area contributed by atoms with Crippen LogP contribution in [0.4, 0.5) is 4.39 Å². The van der Waals surface area contributed by atoms with E-state index in [9.17, 15) is 4.39 Å². The van der Waals surface area contributed by atoms with Crippen LogP contribution in [0.25, 0.3) is 0 Å². The van der Waals surface area contributed by atoms with E-state index < -0.39 is 0 Å². The van der Waals surface area contributed by atoms with Gasteiger partial charge in [0.15, 0.2) is 0 Å². The average Bonchev–Trinajstić information content (AvgIpc) is 2.98. The summed E-state index contributed by atoms with van der Waals surface area (Å²) in [6, 6.07) is 6.02. The van der Waals surface area contributed by atoms with Gasteiger partial charge in [-0.25, -0.2) is 4.39 Å². The zero-order valence-electron chi connectivity index (χ0n) is 11.7. The molecule has 0 bridgehead atoms. The number of rotatable bonds is 3. The summed E-state index contributed by atoms with van der Waals surface area (Å²) in [5, 5.41) is 3.42. The molecule has 1 atom stereocenters. The minimum absolute atomic E-state index is 0.167. The highest BCUT2D eigenvalue weighted by Gasteiger charge is 2.32. The van der Waals surface area contributed by atoms with Crippen LogP contribution < -0.4 is 5.32 Å². The van der Waals surface area contributed by atoms with Crippen molar-refractivity contribution in [2.75, 3.05) is 26.2 Å². The Morgan fingerprint density at radius 3 is 2.55 bits per heavy atom. The molecule has 2 aliphatic rings. The van der Waals surface area contributed by atoms with Crippen molar-refractivity contribution in [2.24, 2.45) is 5.92 Å². The molecule has 1 aromatic carbocycles. The molecular weight excluding hydrogens is 319 g/mol. The second-order valence-corrected chi connectivity index (χ2v) is 6.80. The Kier molecular flexibility index (Phi) is 4.74. The Hall–Kier alpha value is -0.450. The number of halogens is 2. The van der Waals surface area contributed by atoms with E-state index in [0.29, 0.717) is 10.5 Å². The third-order valence-corrected chi connectivity index (χ3v) is 5.28. The summed E-state index contributed by atoms with van der Waals surface area (Å²) in [7, 11) is 0. The summed E-state index contributed by atoms with van der Waals surface area (Å²) < 4.78 is 14.1. The standard InChI is InChI=1S/C16H22BrFN2/c17-14-11-13(5-6-15(14)18)16(12-3-1-2-4-12)20-9-7-19-8-10-20/h5-6,11-12,16,19H,1-4,7-10H2/t16-/m0/s1. The quantitative estimate of drug-likeness (QED) is 0.901. The average molecular weight is 341 g/mol. The van der Waals surface area contributed by atoms with E-state index in [1.807, 2.05) is 12.1 Å². The first-order chi connectivity index (χ1) is 9.75. The highest BCUT2D eigenvalue weighted by Crippen LogP contribution is 2.40. The molecule has 0 aromatic heterocycles. The molecule has 110 valence electrons. The molecule has 0 radical (unpaired) electrons. The van der Waals surface area contributed by atoms with E-state index in [1.165, 1.54) is 31.2 Å². The largest absolute Gasteiger partial charge is 0.314 e. The SMILES string of the molecule is Fc1ccc([C@H](C2CCCC2)N2CCNCC2)cc1Br. The Morgan fingerprint density at radius 2 is 1.90 bits per heavy atom. The van der Waals surface area contributed by atoms with Crippen LogP contribution in [0.15, 0.2) is 22.7 Å². The molecule has 1 saturated carbocycles. The molecule has 1 aromatic rings. The van der Waals surface area contributed by atoms with Crippen LogP contribution in [0.3, 0.4) is 0 Å². The summed E-state index contributed by atoms with van der Waals surface area (Å²) in [6.45, 7) is 4.31. The molecule has 3 rings (SSSR count). The van der Waals surface area contributed by atoms with E-state index in [2.05, 4.69) is 26.1 Å². The van der Waals surface area contributed by atoms with Crippen molar-refractivity contribution in [3.8, 4) is 0 Å². The van der Waals surface area contributed by atoms with Gasteiger partial charge in [-0.15, -0.1) is 0 Å². The van der Waals surface area contributed by atoms with Gasteiger partial charge in [-0.2, -0.15) is 0 Å². The van der Waals surface area contributed by atoms with Crippen molar-refractivity contribution in [3.05, 3.63) is 34.1 Å². The fourth-order valence-electron chi connectivity index (χ4n) is 3.71. The van der Waals surface area contributed by atoms with Crippen molar-refractivity contribution < 1.29 is 4.39 Å². The Balaban J connectivity index is 1.88. The summed E-state index contributed by atoms with van der Waals surface area (Å²) in [4.78, 5) is 2.59. The van der Waals surface area contributed by atoms with Crippen molar-refractivity contribution in [2.45, 2.75) is 31.7 Å². The molecule has 1 aliphatic heterocycles. The Morgan fingerprint density at radius 1 is 1.20 bits per heavy atom. The second kappa shape index (κ2) is 6.54. The van der Waals surface area contributed by atoms with E-state index in [-0.39, 0.29) is 5.82 Å². The van der Waals surface area contributed by atoms with Gasteiger partial charge in [-0.05, 0) is 52.4 Å². The third kappa shape index (κ3) is 3.07. The highest BCUT2D eigenvalue weighted by atomic mass is 79.9. The van der Waals surface area contributed by atoms with Crippen LogP contribution in [-0.2, 0) is 0 Å². The molecule has 0 unspecified atom stereocenters. The summed E-state index contributed by atoms with van der Waals surface area (Å²) in [5.74, 6) is 0.560. The van der Waals surface area contributed by atoms with Crippen LogP contribution in [0.2, 0.25) is 0 Å². The molecule has 2 fully saturated rings. The molecule has 0 spiro atoms. The van der Waals surface area contributed by atoms with E-state index >= 15 is 0 Å². The fourth-order valence-corrected chi connectivity index (χ4v) is 4.11. The van der Waals surface area contributed by atoms with Gasteiger partial charge in [-0.3, -0.25) is 4.90 Å². The molecule has 20 heavy (non-hydrogen) atoms. The van der Waals surface area contributed by atoms with Gasteiger partial charge < -0.3 is 5.32 Å². The number of hydrogen-bond donors (Lipinski definition) is 1. The van der Waals surface area contributed by atoms with Crippen molar-refractivity contribution >= 4 is 15.9 Å². The number of piperazine rings is 1. The lowest BCUT2D eigenvalue weighted by molar-refractivity contribution is 0.125. The first kappa shape index (κ1) is 14.5. The number of nitrogens with zero attached hydrogens (tertiary/aromatic N) is 1. The minimum Gasteiger partial charge on any atom is -0.314 e. The molecule has 1 N–H and O–H groups in total. The first-order valence-electron chi connectivity index (χ1n) is 7.65. The zero-order valence-corrected chi connectivity index (χ0v) is 13.3. The maximum atomic E-state index is 13.5. The van der Waals surface area contributed by atoms with Gasteiger partial charge in [0, 0.05) is 32.2 Å². The Labute approximate surface area is 128 Å². The van der Waals surface area contributed by atoms with Gasteiger partial charge in [-0.1, -0.05) is 18.9 Å². The van der Waals surface area contributed by atoms with Crippen LogP contribution in [0.1, 0.15) is 37.3 Å².